The SMILES string of the molecule is CCN(CC)c1ccc(CN2CCc3nc(SC)ncc3C2)o1. The van der Waals surface area contributed by atoms with Crippen LogP contribution in [0.5, 0.6) is 0 Å². The maximum Gasteiger partial charge on any atom is 0.195 e. The first-order valence-electron chi connectivity index (χ1n) is 8.18. The highest BCUT2D eigenvalue weighted by atomic mass is 32.2. The van der Waals surface area contributed by atoms with E-state index in [1.54, 1.807) is 11.8 Å². The molecule has 5 nitrogen and oxygen atoms in total. The Morgan fingerprint density at radius 1 is 1.30 bits per heavy atom. The summed E-state index contributed by atoms with van der Waals surface area (Å²) in [7, 11) is 0. The van der Waals surface area contributed by atoms with Crippen molar-refractivity contribution in [2.45, 2.75) is 38.5 Å². The summed E-state index contributed by atoms with van der Waals surface area (Å²) < 4.78 is 6.00. The Balaban J connectivity index is 1.65. The molecule has 2 aromatic rings. The summed E-state index contributed by atoms with van der Waals surface area (Å²) in [5.74, 6) is 1.99. The number of hydrogen-bond donors (Lipinski definition) is 0. The lowest BCUT2D eigenvalue weighted by Gasteiger charge is -2.27. The fourth-order valence-corrected chi connectivity index (χ4v) is 3.33. The third kappa shape index (κ3) is 3.70. The summed E-state index contributed by atoms with van der Waals surface area (Å²) >= 11 is 1.60. The molecule has 0 aliphatic carbocycles. The molecule has 23 heavy (non-hydrogen) atoms. The van der Waals surface area contributed by atoms with Crippen LogP contribution in [0.3, 0.4) is 0 Å². The van der Waals surface area contributed by atoms with Gasteiger partial charge >= 0.3 is 0 Å². The van der Waals surface area contributed by atoms with Gasteiger partial charge in [-0.2, -0.15) is 0 Å². The van der Waals surface area contributed by atoms with Gasteiger partial charge in [-0.05, 0) is 26.2 Å². The Kier molecular flexibility index (Phi) is 5.23. The molecule has 0 aromatic carbocycles. The van der Waals surface area contributed by atoms with E-state index < -0.39 is 0 Å². The van der Waals surface area contributed by atoms with Gasteiger partial charge in [-0.3, -0.25) is 4.90 Å². The van der Waals surface area contributed by atoms with E-state index in [4.69, 9.17) is 4.42 Å². The fourth-order valence-electron chi connectivity index (χ4n) is 2.97. The second-order valence-corrected chi connectivity index (χ2v) is 6.47. The number of furan rings is 1. The third-order valence-corrected chi connectivity index (χ3v) is 4.84. The van der Waals surface area contributed by atoms with Gasteiger partial charge in [0.2, 0.25) is 0 Å². The number of anilines is 1. The Morgan fingerprint density at radius 3 is 2.87 bits per heavy atom. The van der Waals surface area contributed by atoms with Crippen molar-refractivity contribution >= 4 is 17.6 Å². The molecule has 0 fully saturated rings. The second kappa shape index (κ2) is 7.36. The minimum atomic E-state index is 0.838. The highest BCUT2D eigenvalue weighted by Gasteiger charge is 2.20. The molecule has 1 aliphatic rings. The Bertz CT molecular complexity index is 654. The lowest BCUT2D eigenvalue weighted by atomic mass is 10.1. The van der Waals surface area contributed by atoms with Crippen LogP contribution in [-0.2, 0) is 19.5 Å². The number of hydrogen-bond acceptors (Lipinski definition) is 6. The van der Waals surface area contributed by atoms with E-state index in [1.165, 1.54) is 11.3 Å². The molecule has 0 radical (unpaired) electrons. The summed E-state index contributed by atoms with van der Waals surface area (Å²) in [4.78, 5) is 13.6. The van der Waals surface area contributed by atoms with Gasteiger partial charge in [0.1, 0.15) is 5.76 Å². The fraction of sp³-hybridized carbons (Fsp3) is 0.529. The van der Waals surface area contributed by atoms with Crippen LogP contribution in [0.25, 0.3) is 0 Å². The van der Waals surface area contributed by atoms with E-state index in [0.717, 1.165) is 55.9 Å². The summed E-state index contributed by atoms with van der Waals surface area (Å²) in [6, 6.07) is 4.17. The molecule has 0 spiro atoms. The molecule has 3 rings (SSSR count). The largest absolute Gasteiger partial charge is 0.444 e. The van der Waals surface area contributed by atoms with Gasteiger partial charge < -0.3 is 9.32 Å². The number of nitrogens with zero attached hydrogens (tertiary/aromatic N) is 4. The molecule has 0 unspecified atom stereocenters. The number of aromatic nitrogens is 2. The Hall–Kier alpha value is -1.53. The van der Waals surface area contributed by atoms with Gasteiger partial charge in [0, 0.05) is 50.4 Å². The zero-order chi connectivity index (χ0) is 16.2. The molecule has 6 heteroatoms. The maximum atomic E-state index is 6.00. The van der Waals surface area contributed by atoms with Crippen LogP contribution in [0.1, 0.15) is 30.9 Å². The zero-order valence-corrected chi connectivity index (χ0v) is 14.9. The summed E-state index contributed by atoms with van der Waals surface area (Å²) in [5, 5.41) is 0.868. The predicted molar refractivity (Wildman–Crippen MR) is 93.9 cm³/mol. The van der Waals surface area contributed by atoms with Crippen LogP contribution in [0, 0.1) is 0 Å². The molecule has 0 N–H and O–H groups in total. The smallest absolute Gasteiger partial charge is 0.195 e. The van der Waals surface area contributed by atoms with E-state index in [2.05, 4.69) is 45.7 Å². The molecule has 1 aliphatic heterocycles. The van der Waals surface area contributed by atoms with Gasteiger partial charge in [-0.15, -0.1) is 0 Å². The first-order chi connectivity index (χ1) is 11.2. The maximum absolute atomic E-state index is 6.00. The van der Waals surface area contributed by atoms with Crippen molar-refractivity contribution in [2.75, 3.05) is 30.8 Å². The average molecular weight is 332 g/mol. The van der Waals surface area contributed by atoms with Gasteiger partial charge in [0.25, 0.3) is 0 Å². The van der Waals surface area contributed by atoms with Crippen molar-refractivity contribution in [3.05, 3.63) is 35.3 Å². The standard InChI is InChI=1S/C17H24N4OS/c1-4-21(5-2)16-7-6-14(22-16)12-20-9-8-15-13(11-20)10-18-17(19-15)23-3/h6-7,10H,4-5,8-9,11-12H2,1-3H3. The van der Waals surface area contributed by atoms with E-state index >= 15 is 0 Å². The van der Waals surface area contributed by atoms with E-state index in [-0.39, 0.29) is 0 Å². The van der Waals surface area contributed by atoms with Crippen molar-refractivity contribution in [2.24, 2.45) is 0 Å². The molecule has 0 amide bonds. The number of rotatable bonds is 6. The Labute approximate surface area is 142 Å². The molecule has 2 aromatic heterocycles. The molecule has 0 bridgehead atoms. The molecule has 124 valence electrons. The highest BCUT2D eigenvalue weighted by Crippen LogP contribution is 2.23. The van der Waals surface area contributed by atoms with Crippen LogP contribution in [0.2, 0.25) is 0 Å². The molecular formula is C17H24N4OS. The predicted octanol–water partition coefficient (Wildman–Crippen LogP) is 3.20. The summed E-state index contributed by atoms with van der Waals surface area (Å²) in [5.41, 5.74) is 2.44. The van der Waals surface area contributed by atoms with Gasteiger partial charge in [-0.1, -0.05) is 11.8 Å². The van der Waals surface area contributed by atoms with E-state index in [1.807, 2.05) is 12.5 Å². The monoisotopic (exact) mass is 332 g/mol. The Morgan fingerprint density at radius 2 is 2.13 bits per heavy atom. The summed E-state index contributed by atoms with van der Waals surface area (Å²) in [6.07, 6.45) is 4.97. The normalized spacial score (nSPS) is 14.7. The first kappa shape index (κ1) is 16.3. The van der Waals surface area contributed by atoms with Crippen LogP contribution >= 0.6 is 11.8 Å². The second-order valence-electron chi connectivity index (χ2n) is 5.70. The molecule has 0 saturated carbocycles. The van der Waals surface area contributed by atoms with Crippen molar-refractivity contribution in [3.63, 3.8) is 0 Å². The number of thioether (sulfide) groups is 1. The van der Waals surface area contributed by atoms with Crippen molar-refractivity contribution in [1.82, 2.24) is 14.9 Å². The quantitative estimate of drug-likeness (QED) is 0.598. The topological polar surface area (TPSA) is 45.4 Å². The average Bonchev–Trinajstić information content (AvgIpc) is 3.04. The lowest BCUT2D eigenvalue weighted by Crippen LogP contribution is -2.30. The van der Waals surface area contributed by atoms with Crippen LogP contribution < -0.4 is 4.90 Å². The van der Waals surface area contributed by atoms with Crippen molar-refractivity contribution < 1.29 is 4.42 Å². The highest BCUT2D eigenvalue weighted by molar-refractivity contribution is 7.98. The van der Waals surface area contributed by atoms with Gasteiger partial charge in [0.15, 0.2) is 11.0 Å². The zero-order valence-electron chi connectivity index (χ0n) is 14.1. The van der Waals surface area contributed by atoms with E-state index in [0.29, 0.717) is 0 Å². The van der Waals surface area contributed by atoms with Crippen LogP contribution in [0.15, 0.2) is 27.9 Å². The van der Waals surface area contributed by atoms with Gasteiger partial charge in [0.05, 0.1) is 12.2 Å². The minimum absolute atomic E-state index is 0.838. The molecule has 0 saturated heterocycles. The first-order valence-corrected chi connectivity index (χ1v) is 9.40. The van der Waals surface area contributed by atoms with Crippen LogP contribution in [-0.4, -0.2) is 40.8 Å². The number of fused-ring (bicyclic) bond motifs is 1. The lowest BCUT2D eigenvalue weighted by molar-refractivity contribution is 0.223. The minimum Gasteiger partial charge on any atom is -0.444 e. The summed E-state index contributed by atoms with van der Waals surface area (Å²) in [6.45, 7) is 8.98. The van der Waals surface area contributed by atoms with Crippen LogP contribution in [0.4, 0.5) is 5.88 Å². The molecule has 3 heterocycles. The van der Waals surface area contributed by atoms with E-state index in [9.17, 15) is 0 Å². The molecule has 0 atom stereocenters. The van der Waals surface area contributed by atoms with Crippen molar-refractivity contribution in [1.29, 1.82) is 0 Å². The third-order valence-electron chi connectivity index (χ3n) is 4.28. The molecular weight excluding hydrogens is 308 g/mol. The van der Waals surface area contributed by atoms with Gasteiger partial charge in [-0.25, -0.2) is 9.97 Å². The van der Waals surface area contributed by atoms with Crippen molar-refractivity contribution in [3.8, 4) is 0 Å².